The Labute approximate surface area is 147 Å². The standard InChI is InChI=1S/C18H25N3O4/c1-18(2,3)24-17(22)25-21-9-7-13(8-10-21)14-12-15(20(4)19-14)16-6-5-11-23-16/h5-6,11-13H,7-10H2,1-4H3. The molecule has 2 aromatic heterocycles. The molecule has 1 aliphatic rings. The summed E-state index contributed by atoms with van der Waals surface area (Å²) in [4.78, 5) is 17.0. The highest BCUT2D eigenvalue weighted by molar-refractivity contribution is 5.60. The maximum absolute atomic E-state index is 11.7. The van der Waals surface area contributed by atoms with Crippen molar-refractivity contribution >= 4 is 6.16 Å². The minimum absolute atomic E-state index is 0.341. The van der Waals surface area contributed by atoms with Gasteiger partial charge in [0.1, 0.15) is 11.3 Å². The number of hydroxylamine groups is 2. The molecule has 1 aliphatic heterocycles. The van der Waals surface area contributed by atoms with Crippen LogP contribution in [0.5, 0.6) is 0 Å². The predicted octanol–water partition coefficient (Wildman–Crippen LogP) is 3.73. The number of hydrogen-bond acceptors (Lipinski definition) is 6. The summed E-state index contributed by atoms with van der Waals surface area (Å²) >= 11 is 0. The van der Waals surface area contributed by atoms with Crippen molar-refractivity contribution in [3.8, 4) is 11.5 Å². The summed E-state index contributed by atoms with van der Waals surface area (Å²) in [5.74, 6) is 1.15. The van der Waals surface area contributed by atoms with Gasteiger partial charge in [0.2, 0.25) is 0 Å². The molecule has 1 fully saturated rings. The van der Waals surface area contributed by atoms with Gasteiger partial charge >= 0.3 is 6.16 Å². The van der Waals surface area contributed by atoms with E-state index in [1.165, 1.54) is 0 Å². The fraction of sp³-hybridized carbons (Fsp3) is 0.556. The van der Waals surface area contributed by atoms with Crippen LogP contribution in [-0.4, -0.2) is 39.7 Å². The maximum Gasteiger partial charge on any atom is 0.528 e. The fourth-order valence-electron chi connectivity index (χ4n) is 2.96. The molecular formula is C18H25N3O4. The highest BCUT2D eigenvalue weighted by Gasteiger charge is 2.27. The van der Waals surface area contributed by atoms with E-state index in [-0.39, 0.29) is 0 Å². The topological polar surface area (TPSA) is 69.7 Å². The number of aryl methyl sites for hydroxylation is 1. The van der Waals surface area contributed by atoms with Crippen LogP contribution in [0.15, 0.2) is 28.9 Å². The second-order valence-corrected chi connectivity index (χ2v) is 7.31. The van der Waals surface area contributed by atoms with Gasteiger partial charge < -0.3 is 14.0 Å². The van der Waals surface area contributed by atoms with Gasteiger partial charge in [0, 0.05) is 26.1 Å². The van der Waals surface area contributed by atoms with E-state index < -0.39 is 11.8 Å². The summed E-state index contributed by atoms with van der Waals surface area (Å²) in [5, 5.41) is 6.30. The van der Waals surface area contributed by atoms with Crippen LogP contribution in [-0.2, 0) is 16.6 Å². The lowest BCUT2D eigenvalue weighted by molar-refractivity contribution is -0.152. The molecule has 0 bridgehead atoms. The van der Waals surface area contributed by atoms with Crippen molar-refractivity contribution in [2.45, 2.75) is 45.1 Å². The van der Waals surface area contributed by atoms with Gasteiger partial charge in [-0.3, -0.25) is 4.68 Å². The second kappa shape index (κ2) is 6.92. The summed E-state index contributed by atoms with van der Waals surface area (Å²) in [6, 6.07) is 5.88. The number of piperidine rings is 1. The van der Waals surface area contributed by atoms with Crippen molar-refractivity contribution in [1.82, 2.24) is 14.8 Å². The highest BCUT2D eigenvalue weighted by atomic mass is 16.8. The van der Waals surface area contributed by atoms with Crippen LogP contribution in [0.25, 0.3) is 11.5 Å². The van der Waals surface area contributed by atoms with Gasteiger partial charge in [-0.05, 0) is 51.8 Å². The van der Waals surface area contributed by atoms with Gasteiger partial charge in [0.15, 0.2) is 5.76 Å². The number of hydrogen-bond donors (Lipinski definition) is 0. The first kappa shape index (κ1) is 17.5. The Balaban J connectivity index is 1.56. The molecule has 0 unspecified atom stereocenters. The van der Waals surface area contributed by atoms with Crippen LogP contribution in [0, 0.1) is 0 Å². The first-order chi connectivity index (χ1) is 11.8. The molecule has 0 aromatic carbocycles. The van der Waals surface area contributed by atoms with E-state index in [1.807, 2.05) is 44.6 Å². The Kier molecular flexibility index (Phi) is 4.85. The van der Waals surface area contributed by atoms with E-state index in [1.54, 1.807) is 11.3 Å². The van der Waals surface area contributed by atoms with Gasteiger partial charge in [0.05, 0.1) is 12.0 Å². The van der Waals surface area contributed by atoms with E-state index >= 15 is 0 Å². The summed E-state index contributed by atoms with van der Waals surface area (Å²) in [7, 11) is 1.92. The van der Waals surface area contributed by atoms with Crippen LogP contribution < -0.4 is 0 Å². The third-order valence-corrected chi connectivity index (χ3v) is 4.14. The Morgan fingerprint density at radius 2 is 2.04 bits per heavy atom. The Hall–Kier alpha value is -2.28. The molecule has 25 heavy (non-hydrogen) atoms. The van der Waals surface area contributed by atoms with E-state index in [0.29, 0.717) is 19.0 Å². The number of rotatable bonds is 3. The Morgan fingerprint density at radius 1 is 1.32 bits per heavy atom. The lowest BCUT2D eigenvalue weighted by atomic mass is 9.94. The molecule has 7 heteroatoms. The van der Waals surface area contributed by atoms with Gasteiger partial charge in [-0.1, -0.05) is 0 Å². The van der Waals surface area contributed by atoms with Gasteiger partial charge in [-0.25, -0.2) is 4.79 Å². The summed E-state index contributed by atoms with van der Waals surface area (Å²) in [5.41, 5.74) is 1.46. The normalized spacial score (nSPS) is 16.8. The number of ether oxygens (including phenoxy) is 1. The predicted molar refractivity (Wildman–Crippen MR) is 91.8 cm³/mol. The van der Waals surface area contributed by atoms with Crippen LogP contribution in [0.3, 0.4) is 0 Å². The minimum atomic E-state index is -0.649. The molecule has 2 aromatic rings. The van der Waals surface area contributed by atoms with Crippen molar-refractivity contribution in [3.63, 3.8) is 0 Å². The number of carbonyl (C=O) groups is 1. The number of aromatic nitrogens is 2. The second-order valence-electron chi connectivity index (χ2n) is 7.31. The van der Waals surface area contributed by atoms with Crippen LogP contribution in [0.2, 0.25) is 0 Å². The molecule has 7 nitrogen and oxygen atoms in total. The Bertz CT molecular complexity index is 707. The summed E-state index contributed by atoms with van der Waals surface area (Å²) in [6.07, 6.45) is 2.76. The van der Waals surface area contributed by atoms with Crippen molar-refractivity contribution in [1.29, 1.82) is 0 Å². The maximum atomic E-state index is 11.7. The monoisotopic (exact) mass is 347 g/mol. The number of carbonyl (C=O) groups excluding carboxylic acids is 1. The molecule has 0 aliphatic carbocycles. The molecule has 0 saturated carbocycles. The van der Waals surface area contributed by atoms with E-state index in [9.17, 15) is 4.79 Å². The summed E-state index contributed by atoms with van der Waals surface area (Å²) < 4.78 is 12.5. The SMILES string of the molecule is Cn1nc(C2CCN(OC(=O)OC(C)(C)C)CC2)cc1-c1ccco1. The molecule has 3 heterocycles. The van der Waals surface area contributed by atoms with Crippen molar-refractivity contribution in [2.75, 3.05) is 13.1 Å². The largest absolute Gasteiger partial charge is 0.528 e. The zero-order valence-electron chi connectivity index (χ0n) is 15.2. The number of nitrogens with zero attached hydrogens (tertiary/aromatic N) is 3. The lowest BCUT2D eigenvalue weighted by Gasteiger charge is -2.30. The van der Waals surface area contributed by atoms with Gasteiger partial charge in [0.25, 0.3) is 0 Å². The summed E-state index contributed by atoms with van der Waals surface area (Å²) in [6.45, 7) is 6.78. The number of furan rings is 1. The quantitative estimate of drug-likeness (QED) is 0.788. The average molecular weight is 347 g/mol. The first-order valence-corrected chi connectivity index (χ1v) is 8.55. The molecular weight excluding hydrogens is 322 g/mol. The smallest absolute Gasteiger partial charge is 0.463 e. The molecule has 0 radical (unpaired) electrons. The molecule has 1 saturated heterocycles. The van der Waals surface area contributed by atoms with E-state index in [2.05, 4.69) is 11.2 Å². The van der Waals surface area contributed by atoms with Crippen molar-refractivity contribution in [2.24, 2.45) is 7.05 Å². The third kappa shape index (κ3) is 4.42. The molecule has 3 rings (SSSR count). The van der Waals surface area contributed by atoms with E-state index in [0.717, 1.165) is 30.0 Å². The third-order valence-electron chi connectivity index (χ3n) is 4.14. The van der Waals surface area contributed by atoms with Crippen LogP contribution in [0.4, 0.5) is 4.79 Å². The van der Waals surface area contributed by atoms with Gasteiger partial charge in [-0.15, -0.1) is 5.06 Å². The highest BCUT2D eigenvalue weighted by Crippen LogP contribution is 2.30. The molecule has 0 amide bonds. The molecule has 0 spiro atoms. The fourth-order valence-corrected chi connectivity index (χ4v) is 2.96. The molecule has 0 atom stereocenters. The van der Waals surface area contributed by atoms with Crippen LogP contribution in [0.1, 0.15) is 45.2 Å². The minimum Gasteiger partial charge on any atom is -0.463 e. The average Bonchev–Trinajstić information content (AvgIpc) is 3.15. The van der Waals surface area contributed by atoms with Crippen molar-refractivity contribution < 1.29 is 18.8 Å². The lowest BCUT2D eigenvalue weighted by Crippen LogP contribution is -2.37. The zero-order valence-corrected chi connectivity index (χ0v) is 15.2. The first-order valence-electron chi connectivity index (χ1n) is 8.55. The van der Waals surface area contributed by atoms with Gasteiger partial charge in [-0.2, -0.15) is 5.10 Å². The Morgan fingerprint density at radius 3 is 2.64 bits per heavy atom. The van der Waals surface area contributed by atoms with E-state index in [4.69, 9.17) is 14.0 Å². The van der Waals surface area contributed by atoms with Crippen molar-refractivity contribution in [3.05, 3.63) is 30.2 Å². The molecule has 136 valence electrons. The molecule has 0 N–H and O–H groups in total. The van der Waals surface area contributed by atoms with Crippen LogP contribution >= 0.6 is 0 Å². The zero-order chi connectivity index (χ0) is 18.0.